The van der Waals surface area contributed by atoms with E-state index in [2.05, 4.69) is 10.3 Å². The van der Waals surface area contributed by atoms with Crippen molar-refractivity contribution in [3.63, 3.8) is 0 Å². The predicted molar refractivity (Wildman–Crippen MR) is 113 cm³/mol. The predicted octanol–water partition coefficient (Wildman–Crippen LogP) is 4.07. The lowest BCUT2D eigenvalue weighted by Crippen LogP contribution is -2.33. The highest BCUT2D eigenvalue weighted by atomic mass is 32.2. The summed E-state index contributed by atoms with van der Waals surface area (Å²) < 4.78 is 0. The summed E-state index contributed by atoms with van der Waals surface area (Å²) in [5.74, 6) is -0.193. The third-order valence-corrected chi connectivity index (χ3v) is 5.46. The molecule has 140 valence electrons. The van der Waals surface area contributed by atoms with E-state index in [1.54, 1.807) is 4.90 Å². The SMILES string of the molecule is Cc1ccc(N2C(=O)CN=C2S[C@@H](C)C(=O)Nc2ccc(C)cc2C)cc1. The first kappa shape index (κ1) is 19.2. The zero-order valence-electron chi connectivity index (χ0n) is 15.9. The number of nitrogens with zero attached hydrogens (tertiary/aromatic N) is 2. The minimum atomic E-state index is -0.386. The Morgan fingerprint density at radius 2 is 1.78 bits per heavy atom. The lowest BCUT2D eigenvalue weighted by atomic mass is 10.1. The maximum Gasteiger partial charge on any atom is 0.254 e. The van der Waals surface area contributed by atoms with Crippen LogP contribution in [0, 0.1) is 20.8 Å². The van der Waals surface area contributed by atoms with Gasteiger partial charge in [0.25, 0.3) is 5.91 Å². The molecule has 0 aromatic heterocycles. The number of amides is 2. The molecule has 1 heterocycles. The van der Waals surface area contributed by atoms with E-state index in [4.69, 9.17) is 0 Å². The smallest absolute Gasteiger partial charge is 0.254 e. The molecular weight excluding hydrogens is 358 g/mol. The number of hydrogen-bond acceptors (Lipinski definition) is 4. The van der Waals surface area contributed by atoms with E-state index < -0.39 is 0 Å². The van der Waals surface area contributed by atoms with E-state index in [9.17, 15) is 9.59 Å². The summed E-state index contributed by atoms with van der Waals surface area (Å²) in [6.07, 6.45) is 0. The molecule has 1 atom stereocenters. The Kier molecular flexibility index (Phi) is 5.65. The number of rotatable bonds is 4. The lowest BCUT2D eigenvalue weighted by molar-refractivity contribution is -0.116. The molecule has 0 bridgehead atoms. The average molecular weight is 382 g/mol. The van der Waals surface area contributed by atoms with Crippen molar-refractivity contribution in [3.8, 4) is 0 Å². The van der Waals surface area contributed by atoms with Crippen LogP contribution in [-0.2, 0) is 9.59 Å². The summed E-state index contributed by atoms with van der Waals surface area (Å²) >= 11 is 1.30. The van der Waals surface area contributed by atoms with Gasteiger partial charge in [0.05, 0.1) is 10.9 Å². The Labute approximate surface area is 163 Å². The number of benzene rings is 2. The number of anilines is 2. The minimum Gasteiger partial charge on any atom is -0.325 e. The van der Waals surface area contributed by atoms with Crippen molar-refractivity contribution < 1.29 is 9.59 Å². The number of nitrogens with one attached hydrogen (secondary N) is 1. The Balaban J connectivity index is 1.70. The van der Waals surface area contributed by atoms with Crippen LogP contribution in [0.1, 0.15) is 23.6 Å². The zero-order valence-corrected chi connectivity index (χ0v) is 16.8. The van der Waals surface area contributed by atoms with Crippen LogP contribution in [0.3, 0.4) is 0 Å². The van der Waals surface area contributed by atoms with Crippen LogP contribution >= 0.6 is 11.8 Å². The molecule has 0 spiro atoms. The molecule has 0 radical (unpaired) electrons. The second kappa shape index (κ2) is 7.96. The molecule has 0 fully saturated rings. The van der Waals surface area contributed by atoms with Crippen molar-refractivity contribution in [1.29, 1.82) is 0 Å². The second-order valence-electron chi connectivity index (χ2n) is 6.73. The van der Waals surface area contributed by atoms with E-state index in [0.29, 0.717) is 5.17 Å². The molecular formula is C21H23N3O2S. The number of carbonyl (C=O) groups is 2. The van der Waals surface area contributed by atoms with Gasteiger partial charge in [-0.1, -0.05) is 47.2 Å². The van der Waals surface area contributed by atoms with E-state index in [0.717, 1.165) is 28.1 Å². The summed E-state index contributed by atoms with van der Waals surface area (Å²) in [6.45, 7) is 7.92. The normalized spacial score (nSPS) is 14.9. The van der Waals surface area contributed by atoms with Crippen molar-refractivity contribution in [2.45, 2.75) is 32.9 Å². The highest BCUT2D eigenvalue weighted by Gasteiger charge is 2.30. The molecule has 5 nitrogen and oxygen atoms in total. The molecule has 0 saturated carbocycles. The highest BCUT2D eigenvalue weighted by Crippen LogP contribution is 2.27. The summed E-state index contributed by atoms with van der Waals surface area (Å²) in [5.41, 5.74) is 4.88. The fraction of sp³-hybridized carbons (Fsp3) is 0.286. The van der Waals surface area contributed by atoms with Crippen LogP contribution in [0.2, 0.25) is 0 Å². The minimum absolute atomic E-state index is 0.0802. The largest absolute Gasteiger partial charge is 0.325 e. The van der Waals surface area contributed by atoms with E-state index in [-0.39, 0.29) is 23.6 Å². The van der Waals surface area contributed by atoms with E-state index >= 15 is 0 Å². The van der Waals surface area contributed by atoms with Crippen molar-refractivity contribution in [2.75, 3.05) is 16.8 Å². The molecule has 27 heavy (non-hydrogen) atoms. The van der Waals surface area contributed by atoms with Crippen LogP contribution in [0.4, 0.5) is 11.4 Å². The monoisotopic (exact) mass is 381 g/mol. The quantitative estimate of drug-likeness (QED) is 0.868. The Morgan fingerprint density at radius 1 is 1.11 bits per heavy atom. The van der Waals surface area contributed by atoms with Gasteiger partial charge in [-0.3, -0.25) is 19.5 Å². The number of aliphatic imine (C=N–C) groups is 1. The fourth-order valence-corrected chi connectivity index (χ4v) is 3.76. The van der Waals surface area contributed by atoms with Crippen molar-refractivity contribution in [3.05, 3.63) is 59.2 Å². The van der Waals surface area contributed by atoms with Crippen LogP contribution < -0.4 is 10.2 Å². The van der Waals surface area contributed by atoms with Gasteiger partial charge in [0, 0.05) is 5.69 Å². The first-order valence-electron chi connectivity index (χ1n) is 8.84. The topological polar surface area (TPSA) is 61.8 Å². The van der Waals surface area contributed by atoms with Gasteiger partial charge in [-0.05, 0) is 51.5 Å². The van der Waals surface area contributed by atoms with E-state index in [1.165, 1.54) is 11.8 Å². The van der Waals surface area contributed by atoms with Gasteiger partial charge in [0.15, 0.2) is 5.17 Å². The van der Waals surface area contributed by atoms with Gasteiger partial charge in [0.2, 0.25) is 5.91 Å². The molecule has 1 N–H and O–H groups in total. The van der Waals surface area contributed by atoms with Gasteiger partial charge in [-0.25, -0.2) is 0 Å². The summed E-state index contributed by atoms with van der Waals surface area (Å²) in [7, 11) is 0. The number of carbonyl (C=O) groups excluding carboxylic acids is 2. The molecule has 0 saturated heterocycles. The summed E-state index contributed by atoms with van der Waals surface area (Å²) in [5, 5.41) is 3.14. The third-order valence-electron chi connectivity index (χ3n) is 4.37. The molecule has 1 aliphatic heterocycles. The second-order valence-corrected chi connectivity index (χ2v) is 8.04. The van der Waals surface area contributed by atoms with Crippen LogP contribution in [0.5, 0.6) is 0 Å². The molecule has 6 heteroatoms. The maximum atomic E-state index is 12.6. The van der Waals surface area contributed by atoms with Gasteiger partial charge in [-0.2, -0.15) is 0 Å². The molecule has 1 aliphatic rings. The van der Waals surface area contributed by atoms with Crippen molar-refractivity contribution in [1.82, 2.24) is 0 Å². The van der Waals surface area contributed by atoms with E-state index in [1.807, 2.05) is 70.2 Å². The number of thioether (sulfide) groups is 1. The van der Waals surface area contributed by atoms with Crippen molar-refractivity contribution in [2.24, 2.45) is 4.99 Å². The Morgan fingerprint density at radius 3 is 2.44 bits per heavy atom. The average Bonchev–Trinajstić information content (AvgIpc) is 2.98. The van der Waals surface area contributed by atoms with Crippen molar-refractivity contribution >= 4 is 40.1 Å². The van der Waals surface area contributed by atoms with Gasteiger partial charge in [-0.15, -0.1) is 0 Å². The third kappa shape index (κ3) is 4.39. The number of amidine groups is 1. The van der Waals surface area contributed by atoms with Crippen LogP contribution in [0.25, 0.3) is 0 Å². The first-order valence-corrected chi connectivity index (χ1v) is 9.72. The lowest BCUT2D eigenvalue weighted by Gasteiger charge is -2.20. The fourth-order valence-electron chi connectivity index (χ4n) is 2.82. The van der Waals surface area contributed by atoms with Gasteiger partial charge < -0.3 is 5.32 Å². The first-order chi connectivity index (χ1) is 12.8. The summed E-state index contributed by atoms with van der Waals surface area (Å²) in [6, 6.07) is 13.6. The van der Waals surface area contributed by atoms with Crippen LogP contribution in [-0.4, -0.2) is 28.8 Å². The summed E-state index contributed by atoms with van der Waals surface area (Å²) in [4.78, 5) is 30.8. The molecule has 3 rings (SSSR count). The molecule has 2 aromatic rings. The molecule has 2 amide bonds. The number of hydrogen-bond donors (Lipinski definition) is 1. The van der Waals surface area contributed by atoms with Crippen LogP contribution in [0.15, 0.2) is 47.5 Å². The Bertz CT molecular complexity index is 906. The molecule has 0 aliphatic carbocycles. The highest BCUT2D eigenvalue weighted by molar-refractivity contribution is 8.15. The number of aryl methyl sites for hydroxylation is 3. The molecule has 2 aromatic carbocycles. The zero-order chi connectivity index (χ0) is 19.6. The molecule has 0 unspecified atom stereocenters. The Hall–Kier alpha value is -2.60. The van der Waals surface area contributed by atoms with Gasteiger partial charge >= 0.3 is 0 Å². The standard InChI is InChI=1S/C21H23N3O2S/c1-13-5-8-17(9-6-13)24-19(25)12-22-21(24)27-16(4)20(26)23-18-10-7-14(2)11-15(18)3/h5-11,16H,12H2,1-4H3,(H,23,26)/t16-/m0/s1. The maximum absolute atomic E-state index is 12.6. The van der Waals surface area contributed by atoms with Gasteiger partial charge in [0.1, 0.15) is 6.54 Å².